The second-order valence-corrected chi connectivity index (χ2v) is 9.74. The van der Waals surface area contributed by atoms with Crippen molar-refractivity contribution in [2.45, 2.75) is 44.1 Å². The average Bonchev–Trinajstić information content (AvgIpc) is 3.72. The van der Waals surface area contributed by atoms with Gasteiger partial charge in [-0.2, -0.15) is 0 Å². The van der Waals surface area contributed by atoms with Gasteiger partial charge in [0.25, 0.3) is 0 Å². The Morgan fingerprint density at radius 2 is 1.90 bits per heavy atom. The minimum absolute atomic E-state index is 0.00475. The van der Waals surface area contributed by atoms with E-state index in [4.69, 9.17) is 9.47 Å². The van der Waals surface area contributed by atoms with Crippen LogP contribution in [-0.2, 0) is 25.7 Å². The molecular weight excluding hydrogens is 502 g/mol. The smallest absolute Gasteiger partial charge is 0.410 e. The molecule has 1 aromatic carbocycles. The predicted octanol–water partition coefficient (Wildman–Crippen LogP) is 2.37. The van der Waals surface area contributed by atoms with Gasteiger partial charge in [-0.05, 0) is 37.0 Å². The third-order valence-electron chi connectivity index (χ3n) is 6.62. The Kier molecular flexibility index (Phi) is 9.74. The highest BCUT2D eigenvalue weighted by Gasteiger charge is 2.37. The fourth-order valence-corrected chi connectivity index (χ4v) is 4.25. The van der Waals surface area contributed by atoms with Gasteiger partial charge in [-0.3, -0.25) is 9.59 Å². The van der Waals surface area contributed by atoms with Crippen LogP contribution in [0.1, 0.15) is 24.8 Å². The first kappa shape index (κ1) is 27.9. The first-order chi connectivity index (χ1) is 18.9. The highest BCUT2D eigenvalue weighted by molar-refractivity contribution is 5.81. The molecule has 0 unspecified atom stereocenters. The van der Waals surface area contributed by atoms with Crippen molar-refractivity contribution < 1.29 is 29.0 Å². The largest absolute Gasteiger partial charge is 0.511 e. The summed E-state index contributed by atoms with van der Waals surface area (Å²) in [6.45, 7) is 4.09. The SMILES string of the molecule is C=C(O)[C@H](CNC(=O)CO[C@@H]1C[C@@H](CNc2ccccn2)N(C(=O)OCc2ccccc2)C1)NC(=O)C1CC1. The zero-order valence-corrected chi connectivity index (χ0v) is 21.8. The molecule has 2 aliphatic rings. The fourth-order valence-electron chi connectivity index (χ4n) is 4.25. The van der Waals surface area contributed by atoms with Crippen LogP contribution in [0.4, 0.5) is 10.6 Å². The highest BCUT2D eigenvalue weighted by Crippen LogP contribution is 2.29. The molecule has 0 radical (unpaired) electrons. The lowest BCUT2D eigenvalue weighted by Gasteiger charge is -2.24. The van der Waals surface area contributed by atoms with Gasteiger partial charge >= 0.3 is 6.09 Å². The van der Waals surface area contributed by atoms with Crippen molar-refractivity contribution in [1.29, 1.82) is 0 Å². The Hall–Kier alpha value is -4.12. The lowest BCUT2D eigenvalue weighted by Crippen LogP contribution is -2.46. The van der Waals surface area contributed by atoms with E-state index in [0.717, 1.165) is 18.4 Å². The topological polar surface area (TPSA) is 142 Å². The number of hydrogen-bond donors (Lipinski definition) is 4. The number of nitrogens with zero attached hydrogens (tertiary/aromatic N) is 2. The summed E-state index contributed by atoms with van der Waals surface area (Å²) in [6, 6.07) is 14.0. The van der Waals surface area contributed by atoms with Crippen molar-refractivity contribution in [3.63, 3.8) is 0 Å². The van der Waals surface area contributed by atoms with E-state index in [1.165, 1.54) is 0 Å². The number of ether oxygens (including phenoxy) is 2. The molecule has 1 aromatic heterocycles. The predicted molar refractivity (Wildman–Crippen MR) is 144 cm³/mol. The van der Waals surface area contributed by atoms with Gasteiger partial charge in [0.1, 0.15) is 30.8 Å². The normalized spacial score (nSPS) is 19.1. The number of aromatic nitrogens is 1. The van der Waals surface area contributed by atoms with E-state index in [9.17, 15) is 19.5 Å². The van der Waals surface area contributed by atoms with Crippen molar-refractivity contribution in [2.75, 3.05) is 31.6 Å². The maximum absolute atomic E-state index is 13.0. The Morgan fingerprint density at radius 3 is 2.59 bits per heavy atom. The monoisotopic (exact) mass is 537 g/mol. The number of amides is 3. The van der Waals surface area contributed by atoms with E-state index < -0.39 is 18.0 Å². The quantitative estimate of drug-likeness (QED) is 0.285. The Balaban J connectivity index is 1.27. The average molecular weight is 538 g/mol. The number of benzene rings is 1. The van der Waals surface area contributed by atoms with Crippen LogP contribution in [0.3, 0.4) is 0 Å². The van der Waals surface area contributed by atoms with Gasteiger partial charge in [0.05, 0.1) is 18.7 Å². The van der Waals surface area contributed by atoms with Crippen molar-refractivity contribution in [3.05, 3.63) is 72.6 Å². The minimum Gasteiger partial charge on any atom is -0.511 e. The molecule has 0 bridgehead atoms. The number of rotatable bonds is 13. The summed E-state index contributed by atoms with van der Waals surface area (Å²) in [7, 11) is 0. The summed E-state index contributed by atoms with van der Waals surface area (Å²) in [5, 5.41) is 18.4. The zero-order chi connectivity index (χ0) is 27.6. The number of likely N-dealkylation sites (tertiary alicyclic amines) is 1. The Labute approximate surface area is 227 Å². The van der Waals surface area contributed by atoms with E-state index in [2.05, 4.69) is 27.5 Å². The molecule has 2 heterocycles. The number of aliphatic hydroxyl groups is 1. The van der Waals surface area contributed by atoms with Gasteiger partial charge in [-0.15, -0.1) is 0 Å². The molecule has 39 heavy (non-hydrogen) atoms. The van der Waals surface area contributed by atoms with Crippen molar-refractivity contribution in [2.24, 2.45) is 5.92 Å². The van der Waals surface area contributed by atoms with Gasteiger partial charge in [0.15, 0.2) is 0 Å². The van der Waals surface area contributed by atoms with Gasteiger partial charge in [-0.1, -0.05) is 43.0 Å². The first-order valence-corrected chi connectivity index (χ1v) is 13.1. The summed E-state index contributed by atoms with van der Waals surface area (Å²) in [5.41, 5.74) is 0.884. The Morgan fingerprint density at radius 1 is 1.13 bits per heavy atom. The molecule has 208 valence electrons. The van der Waals surface area contributed by atoms with E-state index >= 15 is 0 Å². The van der Waals surface area contributed by atoms with Crippen molar-refractivity contribution in [3.8, 4) is 0 Å². The van der Waals surface area contributed by atoms with Crippen LogP contribution in [-0.4, -0.2) is 77.3 Å². The number of aliphatic hydroxyl groups excluding tert-OH is 1. The summed E-state index contributed by atoms with van der Waals surface area (Å²) in [6.07, 6.45) is 3.00. The van der Waals surface area contributed by atoms with Crippen molar-refractivity contribution in [1.82, 2.24) is 20.5 Å². The number of nitrogens with one attached hydrogen (secondary N) is 3. The van der Waals surface area contributed by atoms with Crippen LogP contribution < -0.4 is 16.0 Å². The zero-order valence-electron chi connectivity index (χ0n) is 21.8. The molecule has 1 aliphatic heterocycles. The second kappa shape index (κ2) is 13.6. The van der Waals surface area contributed by atoms with Crippen molar-refractivity contribution >= 4 is 23.7 Å². The maximum atomic E-state index is 13.0. The van der Waals surface area contributed by atoms with Crippen LogP contribution >= 0.6 is 0 Å². The number of carbonyl (C=O) groups is 3. The third-order valence-corrected chi connectivity index (χ3v) is 6.62. The molecule has 2 aromatic rings. The van der Waals surface area contributed by atoms with Crippen LogP contribution in [0, 0.1) is 5.92 Å². The number of pyridine rings is 1. The van der Waals surface area contributed by atoms with Gasteiger partial charge in [0.2, 0.25) is 11.8 Å². The summed E-state index contributed by atoms with van der Waals surface area (Å²) in [4.78, 5) is 43.3. The molecule has 2 fully saturated rings. The molecule has 4 N–H and O–H groups in total. The van der Waals surface area contributed by atoms with Crippen LogP contribution in [0.15, 0.2) is 67.1 Å². The molecule has 11 nitrogen and oxygen atoms in total. The molecule has 3 amide bonds. The van der Waals surface area contributed by atoms with Gasteiger partial charge in [0, 0.05) is 25.2 Å². The summed E-state index contributed by atoms with van der Waals surface area (Å²) in [5.74, 6) is -0.135. The first-order valence-electron chi connectivity index (χ1n) is 13.1. The van der Waals surface area contributed by atoms with Crippen LogP contribution in [0.5, 0.6) is 0 Å². The summed E-state index contributed by atoms with van der Waals surface area (Å²) < 4.78 is 11.4. The molecule has 4 rings (SSSR count). The van der Waals surface area contributed by atoms with E-state index in [-0.39, 0.29) is 56.0 Å². The number of anilines is 1. The number of carbonyl (C=O) groups excluding carboxylic acids is 3. The van der Waals surface area contributed by atoms with Crippen LogP contribution in [0.2, 0.25) is 0 Å². The Bertz CT molecular complexity index is 1130. The van der Waals surface area contributed by atoms with Gasteiger partial charge in [-0.25, -0.2) is 9.78 Å². The molecular formula is C28H35N5O6. The molecule has 1 saturated carbocycles. The number of hydrogen-bond acceptors (Lipinski definition) is 8. The summed E-state index contributed by atoms with van der Waals surface area (Å²) >= 11 is 0. The van der Waals surface area contributed by atoms with Crippen LogP contribution in [0.25, 0.3) is 0 Å². The van der Waals surface area contributed by atoms with E-state index in [1.54, 1.807) is 11.1 Å². The maximum Gasteiger partial charge on any atom is 0.410 e. The standard InChI is InChI=1S/C28H35N5O6/c1-19(34)24(32-27(36)21-10-11-21)15-31-26(35)18-38-23-13-22(14-30-25-9-5-6-12-29-25)33(16-23)28(37)39-17-20-7-3-2-4-8-20/h2-9,12,21-24,34H,1,10-11,13-18H2,(H,29,30)(H,31,35)(H,32,36)/t22-,23+,24-/m0/s1. The third kappa shape index (κ3) is 8.71. The fraction of sp³-hybridized carbons (Fsp3) is 0.429. The minimum atomic E-state index is -0.773. The molecule has 3 atom stereocenters. The van der Waals surface area contributed by atoms with E-state index in [1.807, 2.05) is 48.5 Å². The molecule has 0 spiro atoms. The second-order valence-electron chi connectivity index (χ2n) is 9.74. The lowest BCUT2D eigenvalue weighted by molar-refractivity contribution is -0.128. The van der Waals surface area contributed by atoms with E-state index in [0.29, 0.717) is 18.8 Å². The van der Waals surface area contributed by atoms with Gasteiger partial charge < -0.3 is 35.4 Å². The molecule has 1 saturated heterocycles. The molecule has 11 heteroatoms. The lowest BCUT2D eigenvalue weighted by atomic mass is 10.2. The molecule has 1 aliphatic carbocycles. The highest BCUT2D eigenvalue weighted by atomic mass is 16.6.